The SMILES string of the molecule is Cc1nn(-c2ccc(Cl)cc2)c(C)c1NC(N)=S. The average molecular weight is 281 g/mol. The summed E-state index contributed by atoms with van der Waals surface area (Å²) in [4.78, 5) is 0. The summed E-state index contributed by atoms with van der Waals surface area (Å²) in [6.45, 7) is 3.86. The molecule has 2 rings (SSSR count). The van der Waals surface area contributed by atoms with Gasteiger partial charge in [-0.25, -0.2) is 4.68 Å². The molecule has 0 aliphatic rings. The molecule has 0 saturated heterocycles. The Hall–Kier alpha value is -1.59. The highest BCUT2D eigenvalue weighted by atomic mass is 35.5. The van der Waals surface area contributed by atoms with Gasteiger partial charge < -0.3 is 11.1 Å². The van der Waals surface area contributed by atoms with Crippen molar-refractivity contribution < 1.29 is 0 Å². The highest BCUT2D eigenvalue weighted by Crippen LogP contribution is 2.23. The van der Waals surface area contributed by atoms with E-state index in [-0.39, 0.29) is 5.11 Å². The summed E-state index contributed by atoms with van der Waals surface area (Å²) in [6, 6.07) is 7.47. The van der Waals surface area contributed by atoms with Crippen molar-refractivity contribution in [3.05, 3.63) is 40.7 Å². The Morgan fingerprint density at radius 1 is 1.33 bits per heavy atom. The lowest BCUT2D eigenvalue weighted by Crippen LogP contribution is -2.19. The fraction of sp³-hybridized carbons (Fsp3) is 0.167. The van der Waals surface area contributed by atoms with E-state index in [4.69, 9.17) is 29.6 Å². The number of aromatic nitrogens is 2. The molecule has 0 unspecified atom stereocenters. The molecule has 0 amide bonds. The predicted octanol–water partition coefficient (Wildman–Crippen LogP) is 2.80. The van der Waals surface area contributed by atoms with Crippen LogP contribution in [0.1, 0.15) is 11.4 Å². The van der Waals surface area contributed by atoms with Crippen LogP contribution in [0.15, 0.2) is 24.3 Å². The van der Waals surface area contributed by atoms with Gasteiger partial charge in [0.15, 0.2) is 5.11 Å². The number of nitrogens with two attached hydrogens (primary N) is 1. The smallest absolute Gasteiger partial charge is 0.168 e. The quantitative estimate of drug-likeness (QED) is 0.831. The minimum Gasteiger partial charge on any atom is -0.376 e. The zero-order chi connectivity index (χ0) is 13.3. The maximum atomic E-state index is 5.87. The van der Waals surface area contributed by atoms with Crippen molar-refractivity contribution in [3.63, 3.8) is 0 Å². The lowest BCUT2D eigenvalue weighted by atomic mass is 10.3. The monoisotopic (exact) mass is 280 g/mol. The van der Waals surface area contributed by atoms with Gasteiger partial charge >= 0.3 is 0 Å². The molecule has 1 heterocycles. The van der Waals surface area contributed by atoms with Crippen LogP contribution in [0.5, 0.6) is 0 Å². The third-order valence-electron chi connectivity index (χ3n) is 2.61. The minimum atomic E-state index is 0.233. The molecule has 0 bridgehead atoms. The second kappa shape index (κ2) is 4.96. The number of hydrogen-bond donors (Lipinski definition) is 2. The van der Waals surface area contributed by atoms with Gasteiger partial charge in [-0.15, -0.1) is 0 Å². The number of hydrogen-bond acceptors (Lipinski definition) is 2. The molecule has 0 saturated carbocycles. The fourth-order valence-electron chi connectivity index (χ4n) is 1.78. The number of rotatable bonds is 2. The number of aryl methyl sites for hydroxylation is 1. The van der Waals surface area contributed by atoms with E-state index in [2.05, 4.69) is 10.4 Å². The maximum Gasteiger partial charge on any atom is 0.168 e. The zero-order valence-electron chi connectivity index (χ0n) is 10.1. The van der Waals surface area contributed by atoms with Crippen molar-refractivity contribution in [2.24, 2.45) is 5.73 Å². The summed E-state index contributed by atoms with van der Waals surface area (Å²) in [5.74, 6) is 0. The summed E-state index contributed by atoms with van der Waals surface area (Å²) in [5, 5.41) is 8.33. The van der Waals surface area contributed by atoms with Crippen molar-refractivity contribution in [3.8, 4) is 5.69 Å². The number of anilines is 1. The van der Waals surface area contributed by atoms with Crippen molar-refractivity contribution in [2.75, 3.05) is 5.32 Å². The summed E-state index contributed by atoms with van der Waals surface area (Å²) >= 11 is 10.7. The fourth-order valence-corrected chi connectivity index (χ4v) is 2.01. The Bertz CT molecular complexity index is 589. The minimum absolute atomic E-state index is 0.233. The first-order valence-corrected chi connectivity index (χ1v) is 6.16. The second-order valence-electron chi connectivity index (χ2n) is 3.92. The average Bonchev–Trinajstić information content (AvgIpc) is 2.58. The number of nitrogens with one attached hydrogen (secondary N) is 1. The molecule has 0 aliphatic heterocycles. The van der Waals surface area contributed by atoms with Crippen molar-refractivity contribution in [1.29, 1.82) is 0 Å². The van der Waals surface area contributed by atoms with E-state index >= 15 is 0 Å². The Balaban J connectivity index is 2.46. The van der Waals surface area contributed by atoms with Crippen LogP contribution in [0.3, 0.4) is 0 Å². The summed E-state index contributed by atoms with van der Waals surface area (Å²) in [6.07, 6.45) is 0. The van der Waals surface area contributed by atoms with Crippen molar-refractivity contribution >= 4 is 34.6 Å². The molecular weight excluding hydrogens is 268 g/mol. The predicted molar refractivity (Wildman–Crippen MR) is 78.5 cm³/mol. The van der Waals surface area contributed by atoms with Gasteiger partial charge in [-0.2, -0.15) is 5.10 Å². The summed E-state index contributed by atoms with van der Waals surface area (Å²) in [7, 11) is 0. The first-order valence-electron chi connectivity index (χ1n) is 5.37. The molecule has 4 nitrogen and oxygen atoms in total. The number of halogens is 1. The first kappa shape index (κ1) is 12.9. The lowest BCUT2D eigenvalue weighted by molar-refractivity contribution is 0.834. The van der Waals surface area contributed by atoms with Crippen LogP contribution in [0.4, 0.5) is 5.69 Å². The van der Waals surface area contributed by atoms with E-state index in [1.54, 1.807) is 0 Å². The Morgan fingerprint density at radius 2 is 1.94 bits per heavy atom. The van der Waals surface area contributed by atoms with E-state index < -0.39 is 0 Å². The van der Waals surface area contributed by atoms with Crippen LogP contribution in [0.2, 0.25) is 5.02 Å². The van der Waals surface area contributed by atoms with E-state index in [0.29, 0.717) is 5.02 Å². The molecule has 1 aromatic heterocycles. The third kappa shape index (κ3) is 2.47. The Morgan fingerprint density at radius 3 is 2.50 bits per heavy atom. The molecule has 0 atom stereocenters. The molecule has 6 heteroatoms. The van der Waals surface area contributed by atoms with Crippen LogP contribution in [-0.2, 0) is 0 Å². The molecular formula is C12H13ClN4S. The molecule has 0 spiro atoms. The largest absolute Gasteiger partial charge is 0.376 e. The number of nitrogens with zero attached hydrogens (tertiary/aromatic N) is 2. The third-order valence-corrected chi connectivity index (χ3v) is 2.96. The van der Waals surface area contributed by atoms with Gasteiger partial charge in [-0.3, -0.25) is 0 Å². The summed E-state index contributed by atoms with van der Waals surface area (Å²) < 4.78 is 1.83. The van der Waals surface area contributed by atoms with E-state index in [1.807, 2.05) is 42.8 Å². The van der Waals surface area contributed by atoms with Crippen LogP contribution in [0, 0.1) is 13.8 Å². The maximum absolute atomic E-state index is 5.87. The standard InChI is InChI=1S/C12H13ClN4S/c1-7-11(15-12(14)18)8(2)17(16-7)10-5-3-9(13)4-6-10/h3-6H,1-2H3,(H3,14,15,18). The van der Waals surface area contributed by atoms with Gasteiger partial charge in [0.1, 0.15) is 0 Å². The van der Waals surface area contributed by atoms with E-state index in [0.717, 1.165) is 22.8 Å². The molecule has 0 fully saturated rings. The first-order chi connectivity index (χ1) is 8.49. The molecule has 1 aromatic carbocycles. The molecule has 2 aromatic rings. The Kier molecular flexibility index (Phi) is 3.54. The molecule has 0 aliphatic carbocycles. The Labute approximate surface area is 116 Å². The van der Waals surface area contributed by atoms with Crippen LogP contribution < -0.4 is 11.1 Å². The van der Waals surface area contributed by atoms with Gasteiger partial charge in [0.2, 0.25) is 0 Å². The van der Waals surface area contributed by atoms with E-state index in [1.165, 1.54) is 0 Å². The van der Waals surface area contributed by atoms with Gasteiger partial charge in [0.05, 0.1) is 22.8 Å². The van der Waals surface area contributed by atoms with Crippen LogP contribution in [0.25, 0.3) is 5.69 Å². The molecule has 0 radical (unpaired) electrons. The molecule has 94 valence electrons. The number of benzene rings is 1. The second-order valence-corrected chi connectivity index (χ2v) is 4.80. The van der Waals surface area contributed by atoms with Gasteiger partial charge in [-0.1, -0.05) is 11.6 Å². The number of thiocarbonyl (C=S) groups is 1. The van der Waals surface area contributed by atoms with Crippen molar-refractivity contribution in [2.45, 2.75) is 13.8 Å². The van der Waals surface area contributed by atoms with Crippen LogP contribution in [-0.4, -0.2) is 14.9 Å². The van der Waals surface area contributed by atoms with Gasteiger partial charge in [0.25, 0.3) is 0 Å². The van der Waals surface area contributed by atoms with Crippen molar-refractivity contribution in [1.82, 2.24) is 9.78 Å². The zero-order valence-corrected chi connectivity index (χ0v) is 11.6. The normalized spacial score (nSPS) is 10.4. The summed E-state index contributed by atoms with van der Waals surface area (Å²) in [5.41, 5.74) is 9.07. The highest BCUT2D eigenvalue weighted by Gasteiger charge is 2.12. The van der Waals surface area contributed by atoms with Crippen LogP contribution >= 0.6 is 23.8 Å². The lowest BCUT2D eigenvalue weighted by Gasteiger charge is -2.06. The van der Waals surface area contributed by atoms with E-state index in [9.17, 15) is 0 Å². The topological polar surface area (TPSA) is 55.9 Å². The molecule has 3 N–H and O–H groups in total. The van der Waals surface area contributed by atoms with Gasteiger partial charge in [0, 0.05) is 5.02 Å². The van der Waals surface area contributed by atoms with Gasteiger partial charge in [-0.05, 0) is 50.3 Å². The molecule has 18 heavy (non-hydrogen) atoms. The highest BCUT2D eigenvalue weighted by molar-refractivity contribution is 7.80.